The van der Waals surface area contributed by atoms with Gasteiger partial charge in [-0.05, 0) is 43.2 Å². The Morgan fingerprint density at radius 3 is 2.50 bits per heavy atom. The summed E-state index contributed by atoms with van der Waals surface area (Å²) >= 11 is 0. The van der Waals surface area contributed by atoms with Crippen LogP contribution in [0.15, 0.2) is 39.8 Å². The molecule has 38 heavy (non-hydrogen) atoms. The quantitative estimate of drug-likeness (QED) is 0.286. The third-order valence-electron chi connectivity index (χ3n) is 6.27. The lowest BCUT2D eigenvalue weighted by atomic mass is 9.90. The Morgan fingerprint density at radius 1 is 1.13 bits per heavy atom. The molecule has 0 aliphatic carbocycles. The van der Waals surface area contributed by atoms with Gasteiger partial charge in [-0.2, -0.15) is 0 Å². The summed E-state index contributed by atoms with van der Waals surface area (Å²) in [6, 6.07) is 5.35. The van der Waals surface area contributed by atoms with Gasteiger partial charge in [0, 0.05) is 47.8 Å². The number of urea groups is 1. The summed E-state index contributed by atoms with van der Waals surface area (Å²) in [4.78, 5) is 30.6. The molecule has 0 spiro atoms. The number of aliphatic hydroxyl groups excluding tert-OH is 1. The number of rotatable bonds is 6. The number of aliphatic hydroxyl groups is 1. The smallest absolute Gasteiger partial charge is 0.326 e. The van der Waals surface area contributed by atoms with Gasteiger partial charge in [-0.1, -0.05) is 25.9 Å². The summed E-state index contributed by atoms with van der Waals surface area (Å²) in [5.41, 5.74) is 2.43. The molecule has 0 bridgehead atoms. The van der Waals surface area contributed by atoms with E-state index < -0.39 is 11.8 Å². The monoisotopic (exact) mass is 522 g/mol. The van der Waals surface area contributed by atoms with Gasteiger partial charge in [0.2, 0.25) is 5.88 Å². The number of fused-ring (bicyclic) bond motifs is 1. The topological polar surface area (TPSA) is 134 Å². The Hall–Kier alpha value is -4.25. The Labute approximate surface area is 218 Å². The zero-order valence-corrected chi connectivity index (χ0v) is 22.2. The van der Waals surface area contributed by atoms with Crippen molar-refractivity contribution in [1.82, 2.24) is 14.7 Å². The molecule has 0 saturated heterocycles. The predicted octanol–water partition coefficient (Wildman–Crippen LogP) is 4.78. The summed E-state index contributed by atoms with van der Waals surface area (Å²) in [6.45, 7) is 9.20. The lowest BCUT2D eigenvalue weighted by Crippen LogP contribution is -2.24. The maximum Gasteiger partial charge on any atom is 0.326 e. The van der Waals surface area contributed by atoms with E-state index in [9.17, 15) is 19.1 Å². The molecule has 3 heterocycles. The van der Waals surface area contributed by atoms with E-state index in [0.29, 0.717) is 39.1 Å². The molecular weight excluding hydrogens is 491 g/mol. The summed E-state index contributed by atoms with van der Waals surface area (Å²) in [7, 11) is 1.72. The van der Waals surface area contributed by atoms with Gasteiger partial charge in [0.15, 0.2) is 0 Å². The molecule has 10 nitrogen and oxygen atoms in total. The van der Waals surface area contributed by atoms with Crippen molar-refractivity contribution in [3.63, 3.8) is 0 Å². The van der Waals surface area contributed by atoms with E-state index in [1.165, 1.54) is 16.7 Å². The summed E-state index contributed by atoms with van der Waals surface area (Å²) in [6.07, 6.45) is 1.62. The van der Waals surface area contributed by atoms with Gasteiger partial charge >= 0.3 is 6.03 Å². The lowest BCUT2D eigenvalue weighted by molar-refractivity contribution is 0.261. The molecular formula is C27H31FN6O4. The highest BCUT2D eigenvalue weighted by Crippen LogP contribution is 2.31. The van der Waals surface area contributed by atoms with E-state index in [2.05, 4.69) is 26.1 Å². The number of pyridine rings is 2. The fourth-order valence-electron chi connectivity index (χ4n) is 4.39. The van der Waals surface area contributed by atoms with Gasteiger partial charge in [0.25, 0.3) is 5.56 Å². The van der Waals surface area contributed by atoms with Crippen molar-refractivity contribution in [2.75, 3.05) is 29.6 Å². The number of amides is 2. The van der Waals surface area contributed by atoms with Crippen LogP contribution in [0.4, 0.5) is 26.6 Å². The number of anilines is 3. The van der Waals surface area contributed by atoms with E-state index in [4.69, 9.17) is 4.52 Å². The maximum atomic E-state index is 14.9. The van der Waals surface area contributed by atoms with E-state index in [1.807, 2.05) is 20.8 Å². The van der Waals surface area contributed by atoms with E-state index in [-0.39, 0.29) is 41.3 Å². The minimum atomic E-state index is -0.724. The molecule has 1 aromatic carbocycles. The molecule has 0 unspecified atom stereocenters. The third-order valence-corrected chi connectivity index (χ3v) is 6.27. The first-order chi connectivity index (χ1) is 17.9. The molecule has 0 radical (unpaired) electrons. The molecule has 0 fully saturated rings. The van der Waals surface area contributed by atoms with Gasteiger partial charge in [-0.25, -0.2) is 14.2 Å². The Balaban J connectivity index is 1.72. The summed E-state index contributed by atoms with van der Waals surface area (Å²) in [5, 5.41) is 22.3. The van der Waals surface area contributed by atoms with Crippen molar-refractivity contribution in [3.05, 3.63) is 63.5 Å². The van der Waals surface area contributed by atoms with Crippen molar-refractivity contribution in [1.29, 1.82) is 0 Å². The summed E-state index contributed by atoms with van der Waals surface area (Å²) in [5.74, 6) is 0.0707. The number of halogens is 1. The molecule has 4 rings (SSSR count). The Bertz CT molecular complexity index is 1590. The molecule has 4 aromatic rings. The predicted molar refractivity (Wildman–Crippen MR) is 145 cm³/mol. The highest BCUT2D eigenvalue weighted by molar-refractivity contribution is 6.00. The number of aryl methyl sites for hydroxylation is 1. The second-order valence-electron chi connectivity index (χ2n) is 10.1. The first-order valence-corrected chi connectivity index (χ1v) is 12.1. The van der Waals surface area contributed by atoms with E-state index >= 15 is 0 Å². The van der Waals surface area contributed by atoms with Crippen LogP contribution in [0.2, 0.25) is 0 Å². The highest BCUT2D eigenvalue weighted by atomic mass is 19.1. The molecule has 3 aromatic heterocycles. The zero-order chi connectivity index (χ0) is 27.8. The molecule has 0 saturated carbocycles. The number of hydrogen-bond acceptors (Lipinski definition) is 7. The average Bonchev–Trinajstić information content (AvgIpc) is 3.22. The molecule has 0 aliphatic heterocycles. The van der Waals surface area contributed by atoms with Crippen LogP contribution in [0, 0.1) is 19.7 Å². The lowest BCUT2D eigenvalue weighted by Gasteiger charge is -2.16. The fourth-order valence-corrected chi connectivity index (χ4v) is 4.39. The highest BCUT2D eigenvalue weighted by Gasteiger charge is 2.25. The molecule has 0 atom stereocenters. The number of carbonyl (C=O) groups excluding carboxylic acids is 1. The van der Waals surface area contributed by atoms with Crippen LogP contribution >= 0.6 is 0 Å². The first-order valence-electron chi connectivity index (χ1n) is 12.1. The second kappa shape index (κ2) is 10.3. The normalized spacial score (nSPS) is 11.6. The number of aromatic nitrogens is 3. The van der Waals surface area contributed by atoms with Crippen molar-refractivity contribution in [2.45, 2.75) is 46.6 Å². The Morgan fingerprint density at radius 2 is 1.87 bits per heavy atom. The minimum Gasteiger partial charge on any atom is -0.395 e. The molecule has 4 N–H and O–H groups in total. The van der Waals surface area contributed by atoms with Gasteiger partial charge in [-0.3, -0.25) is 10.1 Å². The van der Waals surface area contributed by atoms with E-state index in [0.717, 1.165) is 0 Å². The van der Waals surface area contributed by atoms with Crippen molar-refractivity contribution < 1.29 is 18.8 Å². The Kier molecular flexibility index (Phi) is 7.23. The fraction of sp³-hybridized carbons (Fsp3) is 0.333. The van der Waals surface area contributed by atoms with Crippen LogP contribution in [0.3, 0.4) is 0 Å². The van der Waals surface area contributed by atoms with Crippen molar-refractivity contribution in [2.24, 2.45) is 0 Å². The van der Waals surface area contributed by atoms with Gasteiger partial charge in [0.1, 0.15) is 11.6 Å². The maximum absolute atomic E-state index is 14.9. The average molecular weight is 523 g/mol. The van der Waals surface area contributed by atoms with Crippen LogP contribution in [-0.2, 0) is 12.0 Å². The van der Waals surface area contributed by atoms with Crippen LogP contribution in [-0.4, -0.2) is 39.5 Å². The summed E-state index contributed by atoms with van der Waals surface area (Å²) < 4.78 is 21.7. The largest absolute Gasteiger partial charge is 0.395 e. The van der Waals surface area contributed by atoms with Crippen LogP contribution in [0.5, 0.6) is 0 Å². The molecule has 0 aliphatic rings. The van der Waals surface area contributed by atoms with Crippen molar-refractivity contribution in [3.8, 4) is 11.1 Å². The molecule has 200 valence electrons. The minimum absolute atomic E-state index is 0.0667. The van der Waals surface area contributed by atoms with Gasteiger partial charge in [0.05, 0.1) is 23.5 Å². The number of nitrogens with zero attached hydrogens (tertiary/aromatic N) is 3. The van der Waals surface area contributed by atoms with E-state index in [1.54, 1.807) is 39.2 Å². The zero-order valence-electron chi connectivity index (χ0n) is 22.2. The first kappa shape index (κ1) is 26.8. The van der Waals surface area contributed by atoms with Crippen LogP contribution in [0.1, 0.15) is 37.6 Å². The second-order valence-corrected chi connectivity index (χ2v) is 10.1. The third kappa shape index (κ3) is 5.10. The van der Waals surface area contributed by atoms with Crippen LogP contribution < -0.4 is 21.5 Å². The number of nitrogens with one attached hydrogen (secondary N) is 3. The van der Waals surface area contributed by atoms with Gasteiger partial charge < -0.3 is 24.8 Å². The number of hydrogen-bond donors (Lipinski definition) is 4. The van der Waals surface area contributed by atoms with Crippen molar-refractivity contribution >= 4 is 34.3 Å². The SMILES string of the molecule is CNc1cc2c(cn1)cc(-c1cc(NC(=O)Nc3onc(C(C)(C)C)c3C)c(F)cc1C)c(=O)n2CCO. The molecule has 11 heteroatoms. The standard InChI is InChI=1S/C27H31FN6O4/c1-14-9-19(28)20(31-26(37)32-24-15(2)23(33-38-24)27(3,4)5)11-17(14)18-10-16-13-30-22(29-6)12-21(16)34(7-8-35)25(18)36/h9-13,35H,7-8H2,1-6H3,(H,29,30)(H2,31,32,37). The number of benzene rings is 1. The number of carbonyl (C=O) groups is 1. The van der Waals surface area contributed by atoms with Crippen LogP contribution in [0.25, 0.3) is 22.0 Å². The molecule has 2 amide bonds. The van der Waals surface area contributed by atoms with Gasteiger partial charge in [-0.15, -0.1) is 0 Å².